The Kier molecular flexibility index (Phi) is 6.40. The molecule has 0 radical (unpaired) electrons. The molecular formula is C16H26N2O. The van der Waals surface area contributed by atoms with Crippen LogP contribution in [0, 0.1) is 20.8 Å². The summed E-state index contributed by atoms with van der Waals surface area (Å²) in [4.78, 5) is 11.7. The van der Waals surface area contributed by atoms with Gasteiger partial charge < -0.3 is 10.6 Å². The molecule has 106 valence electrons. The number of nitrogens with one attached hydrogen (secondary N) is 2. The maximum Gasteiger partial charge on any atom is 0.239 e. The lowest BCUT2D eigenvalue weighted by molar-refractivity contribution is -0.119. The molecule has 1 aromatic carbocycles. The zero-order valence-electron chi connectivity index (χ0n) is 12.6. The molecule has 0 saturated carbocycles. The van der Waals surface area contributed by atoms with Crippen LogP contribution in [-0.2, 0) is 4.79 Å². The average Bonchev–Trinajstić information content (AvgIpc) is 2.33. The largest absolute Gasteiger partial charge is 0.376 e. The van der Waals surface area contributed by atoms with E-state index < -0.39 is 0 Å². The molecule has 0 aliphatic heterocycles. The van der Waals surface area contributed by atoms with Crippen LogP contribution in [0.1, 0.15) is 42.9 Å². The van der Waals surface area contributed by atoms with Crippen molar-refractivity contribution in [2.75, 3.05) is 18.4 Å². The van der Waals surface area contributed by atoms with E-state index in [9.17, 15) is 4.79 Å². The molecule has 3 heteroatoms. The van der Waals surface area contributed by atoms with Crippen LogP contribution in [0.2, 0.25) is 0 Å². The van der Waals surface area contributed by atoms with Gasteiger partial charge in [0, 0.05) is 12.2 Å². The molecule has 0 atom stereocenters. The van der Waals surface area contributed by atoms with Crippen LogP contribution in [0.25, 0.3) is 0 Å². The van der Waals surface area contributed by atoms with Gasteiger partial charge in [0.15, 0.2) is 0 Å². The Morgan fingerprint density at radius 2 is 1.74 bits per heavy atom. The SMILES string of the molecule is CCCCCNC(=O)CNc1c(C)cc(C)cc1C. The van der Waals surface area contributed by atoms with Crippen molar-refractivity contribution in [2.45, 2.75) is 47.0 Å². The molecule has 0 saturated heterocycles. The van der Waals surface area contributed by atoms with Gasteiger partial charge in [0.25, 0.3) is 0 Å². The average molecular weight is 262 g/mol. The Morgan fingerprint density at radius 1 is 1.11 bits per heavy atom. The van der Waals surface area contributed by atoms with Gasteiger partial charge in [-0.25, -0.2) is 0 Å². The maximum atomic E-state index is 11.7. The second kappa shape index (κ2) is 7.82. The second-order valence-electron chi connectivity index (χ2n) is 5.18. The maximum absolute atomic E-state index is 11.7. The van der Waals surface area contributed by atoms with Crippen LogP contribution in [0.3, 0.4) is 0 Å². The van der Waals surface area contributed by atoms with Crippen LogP contribution in [-0.4, -0.2) is 19.0 Å². The highest BCUT2D eigenvalue weighted by Crippen LogP contribution is 2.21. The van der Waals surface area contributed by atoms with Crippen molar-refractivity contribution < 1.29 is 4.79 Å². The first-order chi connectivity index (χ1) is 9.04. The monoisotopic (exact) mass is 262 g/mol. The summed E-state index contributed by atoms with van der Waals surface area (Å²) >= 11 is 0. The number of benzene rings is 1. The minimum absolute atomic E-state index is 0.0653. The molecule has 1 aromatic rings. The summed E-state index contributed by atoms with van der Waals surface area (Å²) in [6.07, 6.45) is 3.41. The molecule has 0 aromatic heterocycles. The number of aryl methyl sites for hydroxylation is 3. The summed E-state index contributed by atoms with van der Waals surface area (Å²) in [6.45, 7) is 9.51. The Morgan fingerprint density at radius 3 is 2.32 bits per heavy atom. The first-order valence-corrected chi connectivity index (χ1v) is 7.13. The summed E-state index contributed by atoms with van der Waals surface area (Å²) < 4.78 is 0. The highest BCUT2D eigenvalue weighted by molar-refractivity contribution is 5.81. The van der Waals surface area contributed by atoms with Gasteiger partial charge in [-0.1, -0.05) is 37.5 Å². The molecule has 0 spiro atoms. The smallest absolute Gasteiger partial charge is 0.239 e. The highest BCUT2D eigenvalue weighted by atomic mass is 16.1. The Bertz CT molecular complexity index is 404. The summed E-state index contributed by atoms with van der Waals surface area (Å²) in [5, 5.41) is 6.17. The molecule has 19 heavy (non-hydrogen) atoms. The zero-order valence-corrected chi connectivity index (χ0v) is 12.6. The van der Waals surface area contributed by atoms with Gasteiger partial charge in [-0.3, -0.25) is 4.79 Å². The van der Waals surface area contributed by atoms with Crippen molar-refractivity contribution in [2.24, 2.45) is 0 Å². The van der Waals surface area contributed by atoms with Crippen molar-refractivity contribution in [1.29, 1.82) is 0 Å². The van der Waals surface area contributed by atoms with Crippen LogP contribution in [0.15, 0.2) is 12.1 Å². The number of hydrogen-bond donors (Lipinski definition) is 2. The summed E-state index contributed by atoms with van der Waals surface area (Å²) in [6, 6.07) is 4.27. The zero-order chi connectivity index (χ0) is 14.3. The number of unbranched alkanes of at least 4 members (excludes halogenated alkanes) is 2. The van der Waals surface area contributed by atoms with Crippen molar-refractivity contribution in [3.05, 3.63) is 28.8 Å². The third-order valence-electron chi connectivity index (χ3n) is 3.21. The van der Waals surface area contributed by atoms with E-state index in [-0.39, 0.29) is 5.91 Å². The van der Waals surface area contributed by atoms with E-state index in [0.29, 0.717) is 6.54 Å². The van der Waals surface area contributed by atoms with Crippen LogP contribution < -0.4 is 10.6 Å². The number of carbonyl (C=O) groups excluding carboxylic acids is 1. The van der Waals surface area contributed by atoms with Gasteiger partial charge in [-0.05, 0) is 38.3 Å². The van der Waals surface area contributed by atoms with Crippen molar-refractivity contribution in [1.82, 2.24) is 5.32 Å². The molecule has 1 rings (SSSR count). The van der Waals surface area contributed by atoms with Gasteiger partial charge in [-0.2, -0.15) is 0 Å². The third-order valence-corrected chi connectivity index (χ3v) is 3.21. The summed E-state index contributed by atoms with van der Waals surface area (Å²) in [7, 11) is 0. The number of rotatable bonds is 7. The van der Waals surface area contributed by atoms with E-state index in [1.807, 2.05) is 0 Å². The van der Waals surface area contributed by atoms with Gasteiger partial charge in [0.2, 0.25) is 5.91 Å². The van der Waals surface area contributed by atoms with E-state index >= 15 is 0 Å². The molecule has 0 aliphatic carbocycles. The predicted octanol–water partition coefficient (Wildman–Crippen LogP) is 3.33. The lowest BCUT2D eigenvalue weighted by Gasteiger charge is -2.13. The van der Waals surface area contributed by atoms with Crippen molar-refractivity contribution in [3.8, 4) is 0 Å². The molecule has 0 unspecified atom stereocenters. The number of hydrogen-bond acceptors (Lipinski definition) is 2. The number of amides is 1. The summed E-state index contributed by atoms with van der Waals surface area (Å²) in [5.74, 6) is 0.0653. The molecule has 0 fully saturated rings. The molecular weight excluding hydrogens is 236 g/mol. The van der Waals surface area contributed by atoms with Crippen molar-refractivity contribution >= 4 is 11.6 Å². The van der Waals surface area contributed by atoms with Gasteiger partial charge in [0.05, 0.1) is 6.54 Å². The fraction of sp³-hybridized carbons (Fsp3) is 0.562. The van der Waals surface area contributed by atoms with Gasteiger partial charge in [-0.15, -0.1) is 0 Å². The van der Waals surface area contributed by atoms with E-state index in [1.54, 1.807) is 0 Å². The summed E-state index contributed by atoms with van der Waals surface area (Å²) in [5.41, 5.74) is 4.71. The number of anilines is 1. The molecule has 0 bridgehead atoms. The van der Waals surface area contributed by atoms with E-state index in [1.165, 1.54) is 29.5 Å². The van der Waals surface area contributed by atoms with Crippen LogP contribution in [0.4, 0.5) is 5.69 Å². The Balaban J connectivity index is 2.42. The molecule has 2 N–H and O–H groups in total. The minimum atomic E-state index is 0.0653. The fourth-order valence-corrected chi connectivity index (χ4v) is 2.29. The van der Waals surface area contributed by atoms with E-state index in [2.05, 4.69) is 50.5 Å². The quantitative estimate of drug-likeness (QED) is 0.740. The van der Waals surface area contributed by atoms with Gasteiger partial charge >= 0.3 is 0 Å². The predicted molar refractivity (Wildman–Crippen MR) is 81.7 cm³/mol. The Labute approximate surface area is 116 Å². The lowest BCUT2D eigenvalue weighted by atomic mass is 10.1. The molecule has 0 aliphatic rings. The highest BCUT2D eigenvalue weighted by Gasteiger charge is 2.05. The topological polar surface area (TPSA) is 41.1 Å². The third kappa shape index (κ3) is 5.33. The second-order valence-corrected chi connectivity index (χ2v) is 5.18. The first kappa shape index (κ1) is 15.5. The number of carbonyl (C=O) groups is 1. The standard InChI is InChI=1S/C16H26N2O/c1-5-6-7-8-17-15(19)11-18-16-13(3)9-12(2)10-14(16)4/h9-10,18H,5-8,11H2,1-4H3,(H,17,19). The minimum Gasteiger partial charge on any atom is -0.376 e. The molecule has 3 nitrogen and oxygen atoms in total. The van der Waals surface area contributed by atoms with Crippen molar-refractivity contribution in [3.63, 3.8) is 0 Å². The Hall–Kier alpha value is -1.51. The van der Waals surface area contributed by atoms with Gasteiger partial charge in [0.1, 0.15) is 0 Å². The first-order valence-electron chi connectivity index (χ1n) is 7.13. The molecule has 1 amide bonds. The molecule has 0 heterocycles. The van der Waals surface area contributed by atoms with E-state index in [4.69, 9.17) is 0 Å². The van der Waals surface area contributed by atoms with Crippen LogP contribution in [0.5, 0.6) is 0 Å². The van der Waals surface area contributed by atoms with Crippen LogP contribution >= 0.6 is 0 Å². The van der Waals surface area contributed by atoms with E-state index in [0.717, 1.165) is 18.7 Å². The normalized spacial score (nSPS) is 10.3. The lowest BCUT2D eigenvalue weighted by Crippen LogP contribution is -2.30. The fourth-order valence-electron chi connectivity index (χ4n) is 2.29.